The van der Waals surface area contributed by atoms with Crippen LogP contribution >= 0.6 is 0 Å². The third-order valence-electron chi connectivity index (χ3n) is 2.67. The van der Waals surface area contributed by atoms with Crippen LogP contribution in [0.3, 0.4) is 0 Å². The minimum atomic E-state index is -0.424. The summed E-state index contributed by atoms with van der Waals surface area (Å²) in [6.07, 6.45) is 0.0655. The zero-order valence-electron chi connectivity index (χ0n) is 11.8. The average Bonchev–Trinajstić information content (AvgIpc) is 2.11. The molecule has 0 aliphatic carbocycles. The summed E-state index contributed by atoms with van der Waals surface area (Å²) in [5, 5.41) is 9.93. The van der Waals surface area contributed by atoms with E-state index < -0.39 is 6.10 Å². The van der Waals surface area contributed by atoms with Gasteiger partial charge in [-0.1, -0.05) is 0 Å². The molecule has 0 bridgehead atoms. The van der Waals surface area contributed by atoms with Crippen LogP contribution in [0.4, 0.5) is 0 Å². The molecule has 0 aromatic rings. The summed E-state index contributed by atoms with van der Waals surface area (Å²) < 4.78 is 11.2. The minimum absolute atomic E-state index is 0.188. The van der Waals surface area contributed by atoms with E-state index in [0.717, 1.165) is 13.1 Å². The summed E-state index contributed by atoms with van der Waals surface area (Å²) in [6, 6.07) is 0. The van der Waals surface area contributed by atoms with Crippen molar-refractivity contribution in [2.45, 2.75) is 58.5 Å². The van der Waals surface area contributed by atoms with Crippen LogP contribution in [0.2, 0.25) is 0 Å². The van der Waals surface area contributed by atoms with Crippen molar-refractivity contribution in [3.8, 4) is 0 Å². The zero-order chi connectivity index (χ0) is 13.1. The molecule has 17 heavy (non-hydrogen) atoms. The molecule has 1 N–H and O–H groups in total. The Kier molecular flexibility index (Phi) is 5.38. The van der Waals surface area contributed by atoms with E-state index in [-0.39, 0.29) is 17.8 Å². The van der Waals surface area contributed by atoms with Gasteiger partial charge in [0.05, 0.1) is 30.5 Å². The van der Waals surface area contributed by atoms with Gasteiger partial charge in [-0.15, -0.1) is 0 Å². The van der Waals surface area contributed by atoms with E-state index in [9.17, 15) is 5.11 Å². The molecule has 1 heterocycles. The maximum atomic E-state index is 9.93. The van der Waals surface area contributed by atoms with Gasteiger partial charge in [-0.3, -0.25) is 4.90 Å². The lowest BCUT2D eigenvalue weighted by atomic mass is 10.2. The Morgan fingerprint density at radius 1 is 1.29 bits per heavy atom. The van der Waals surface area contributed by atoms with Crippen LogP contribution in [-0.2, 0) is 9.47 Å². The molecule has 4 nitrogen and oxygen atoms in total. The van der Waals surface area contributed by atoms with Gasteiger partial charge in [0.15, 0.2) is 0 Å². The van der Waals surface area contributed by atoms with Crippen LogP contribution in [0.1, 0.15) is 34.6 Å². The summed E-state index contributed by atoms with van der Waals surface area (Å²) in [7, 11) is 0. The Morgan fingerprint density at radius 2 is 1.82 bits per heavy atom. The van der Waals surface area contributed by atoms with Gasteiger partial charge in [0.2, 0.25) is 0 Å². The maximum absolute atomic E-state index is 9.93. The number of hydrogen-bond acceptors (Lipinski definition) is 4. The second-order valence-electron chi connectivity index (χ2n) is 6.05. The molecule has 1 saturated heterocycles. The first-order valence-corrected chi connectivity index (χ1v) is 6.46. The minimum Gasteiger partial charge on any atom is -0.389 e. The van der Waals surface area contributed by atoms with Gasteiger partial charge in [-0.25, -0.2) is 0 Å². The number of morpholine rings is 1. The molecule has 1 fully saturated rings. The van der Waals surface area contributed by atoms with Crippen molar-refractivity contribution in [2.24, 2.45) is 0 Å². The number of hydrogen-bond donors (Lipinski definition) is 1. The highest BCUT2D eigenvalue weighted by Crippen LogP contribution is 2.12. The fraction of sp³-hybridized carbons (Fsp3) is 1.00. The van der Waals surface area contributed by atoms with Crippen LogP contribution < -0.4 is 0 Å². The summed E-state index contributed by atoms with van der Waals surface area (Å²) in [5.74, 6) is 0. The van der Waals surface area contributed by atoms with Crippen LogP contribution in [0.25, 0.3) is 0 Å². The highest BCUT2D eigenvalue weighted by Gasteiger charge is 2.24. The highest BCUT2D eigenvalue weighted by molar-refractivity contribution is 4.75. The molecule has 1 rings (SSSR count). The number of aliphatic hydroxyl groups is 1. The van der Waals surface area contributed by atoms with Gasteiger partial charge < -0.3 is 14.6 Å². The van der Waals surface area contributed by atoms with E-state index in [1.807, 2.05) is 20.8 Å². The van der Waals surface area contributed by atoms with E-state index >= 15 is 0 Å². The molecule has 0 radical (unpaired) electrons. The molecule has 0 spiro atoms. The summed E-state index contributed by atoms with van der Waals surface area (Å²) in [4.78, 5) is 2.25. The lowest BCUT2D eigenvalue weighted by Gasteiger charge is -2.36. The maximum Gasteiger partial charge on any atom is 0.0900 e. The highest BCUT2D eigenvalue weighted by atomic mass is 16.5. The fourth-order valence-electron chi connectivity index (χ4n) is 2.13. The molecular weight excluding hydrogens is 218 g/mol. The van der Waals surface area contributed by atoms with Crippen molar-refractivity contribution >= 4 is 0 Å². The smallest absolute Gasteiger partial charge is 0.0900 e. The second kappa shape index (κ2) is 6.14. The number of β-amino-alcohol motifs (C(OH)–C–C–N with tert-alkyl or cyclic N) is 1. The van der Waals surface area contributed by atoms with E-state index in [1.54, 1.807) is 0 Å². The van der Waals surface area contributed by atoms with Crippen molar-refractivity contribution in [1.29, 1.82) is 0 Å². The van der Waals surface area contributed by atoms with Crippen molar-refractivity contribution < 1.29 is 14.6 Å². The predicted molar refractivity (Wildman–Crippen MR) is 68.2 cm³/mol. The van der Waals surface area contributed by atoms with Gasteiger partial charge >= 0.3 is 0 Å². The van der Waals surface area contributed by atoms with Crippen molar-refractivity contribution in [2.75, 3.05) is 26.2 Å². The Bertz CT molecular complexity index is 217. The molecule has 1 aliphatic heterocycles. The second-order valence-corrected chi connectivity index (χ2v) is 6.05. The Balaban J connectivity index is 2.28. The first-order valence-electron chi connectivity index (χ1n) is 6.46. The molecule has 3 atom stereocenters. The number of nitrogens with zero attached hydrogens (tertiary/aromatic N) is 1. The Labute approximate surface area is 105 Å². The average molecular weight is 245 g/mol. The van der Waals surface area contributed by atoms with E-state index in [1.165, 1.54) is 0 Å². The Morgan fingerprint density at radius 3 is 2.29 bits per heavy atom. The van der Waals surface area contributed by atoms with Crippen molar-refractivity contribution in [1.82, 2.24) is 4.90 Å². The SMILES string of the molecule is CC1CN(CC(O)COC(C)(C)C)CC(C)O1. The first-order chi connectivity index (χ1) is 7.76. The van der Waals surface area contributed by atoms with E-state index in [4.69, 9.17) is 9.47 Å². The van der Waals surface area contributed by atoms with Gasteiger partial charge in [0.25, 0.3) is 0 Å². The molecule has 0 amide bonds. The predicted octanol–water partition coefficient (Wildman–Crippen LogP) is 1.27. The topological polar surface area (TPSA) is 41.9 Å². The number of rotatable bonds is 4. The lowest BCUT2D eigenvalue weighted by molar-refractivity contribution is -0.0929. The molecule has 3 unspecified atom stereocenters. The van der Waals surface area contributed by atoms with Crippen molar-refractivity contribution in [3.05, 3.63) is 0 Å². The summed E-state index contributed by atoms with van der Waals surface area (Å²) in [5.41, 5.74) is -0.188. The molecule has 0 saturated carbocycles. The van der Waals surface area contributed by atoms with Gasteiger partial charge in [-0.05, 0) is 34.6 Å². The van der Waals surface area contributed by atoms with Crippen molar-refractivity contribution in [3.63, 3.8) is 0 Å². The summed E-state index contributed by atoms with van der Waals surface area (Å²) >= 11 is 0. The monoisotopic (exact) mass is 245 g/mol. The Hall–Kier alpha value is -0.160. The molecule has 1 aliphatic rings. The third-order valence-corrected chi connectivity index (χ3v) is 2.67. The lowest BCUT2D eigenvalue weighted by Crippen LogP contribution is -2.48. The normalized spacial score (nSPS) is 29.3. The quantitative estimate of drug-likeness (QED) is 0.810. The molecule has 4 heteroatoms. The largest absolute Gasteiger partial charge is 0.389 e. The van der Waals surface area contributed by atoms with Crippen LogP contribution in [0, 0.1) is 0 Å². The van der Waals surface area contributed by atoms with Gasteiger partial charge in [0.1, 0.15) is 0 Å². The first kappa shape index (κ1) is 14.9. The molecule has 0 aromatic carbocycles. The molecule has 0 aromatic heterocycles. The van der Waals surface area contributed by atoms with Gasteiger partial charge in [-0.2, -0.15) is 0 Å². The third kappa shape index (κ3) is 6.36. The molecule has 102 valence electrons. The van der Waals surface area contributed by atoms with Crippen LogP contribution in [-0.4, -0.2) is 60.2 Å². The summed E-state index contributed by atoms with van der Waals surface area (Å²) in [6.45, 7) is 13.0. The fourth-order valence-corrected chi connectivity index (χ4v) is 2.13. The standard InChI is InChI=1S/C13H27NO3/c1-10-6-14(7-11(2)17-10)8-12(15)9-16-13(3,4)5/h10-12,15H,6-9H2,1-5H3. The van der Waals surface area contributed by atoms with Crippen LogP contribution in [0.15, 0.2) is 0 Å². The van der Waals surface area contributed by atoms with E-state index in [0.29, 0.717) is 13.2 Å². The number of ether oxygens (including phenoxy) is 2. The zero-order valence-corrected chi connectivity index (χ0v) is 11.8. The van der Waals surface area contributed by atoms with Gasteiger partial charge in [0, 0.05) is 19.6 Å². The number of aliphatic hydroxyl groups excluding tert-OH is 1. The van der Waals surface area contributed by atoms with E-state index in [2.05, 4.69) is 18.7 Å². The molecular formula is C13H27NO3. The van der Waals surface area contributed by atoms with Crippen LogP contribution in [0.5, 0.6) is 0 Å².